The summed E-state index contributed by atoms with van der Waals surface area (Å²) in [4.78, 5) is 0.962. The fourth-order valence-corrected chi connectivity index (χ4v) is 1.75. The number of nitrogens with zero attached hydrogens (tertiary/aromatic N) is 1. The molecule has 3 heteroatoms. The first-order valence-corrected chi connectivity index (χ1v) is 4.38. The SMILES string of the molecule is CCc1csc(C(N)C#N)c1. The second kappa shape index (κ2) is 3.51. The molecular weight excluding hydrogens is 156 g/mol. The molecule has 0 radical (unpaired) electrons. The molecule has 1 heterocycles. The van der Waals surface area contributed by atoms with Crippen molar-refractivity contribution in [2.45, 2.75) is 19.4 Å². The summed E-state index contributed by atoms with van der Waals surface area (Å²) in [6.07, 6.45) is 1.01. The summed E-state index contributed by atoms with van der Waals surface area (Å²) in [6, 6.07) is 3.56. The van der Waals surface area contributed by atoms with Crippen LogP contribution >= 0.6 is 11.3 Å². The van der Waals surface area contributed by atoms with E-state index in [9.17, 15) is 0 Å². The van der Waals surface area contributed by atoms with Crippen LogP contribution in [0, 0.1) is 11.3 Å². The van der Waals surface area contributed by atoms with E-state index in [0.717, 1.165) is 11.3 Å². The summed E-state index contributed by atoms with van der Waals surface area (Å²) in [6.45, 7) is 2.09. The van der Waals surface area contributed by atoms with Gasteiger partial charge in [0.2, 0.25) is 0 Å². The highest BCUT2D eigenvalue weighted by Gasteiger charge is 2.05. The Morgan fingerprint density at radius 2 is 2.55 bits per heavy atom. The maximum atomic E-state index is 8.50. The van der Waals surface area contributed by atoms with Crippen LogP contribution in [0.5, 0.6) is 0 Å². The minimum absolute atomic E-state index is 0.444. The summed E-state index contributed by atoms with van der Waals surface area (Å²) in [5.74, 6) is 0. The molecule has 0 aliphatic carbocycles. The predicted molar refractivity (Wildman–Crippen MR) is 46.2 cm³/mol. The lowest BCUT2D eigenvalue weighted by Gasteiger charge is -1.94. The molecule has 1 atom stereocenters. The van der Waals surface area contributed by atoms with Crippen molar-refractivity contribution in [3.63, 3.8) is 0 Å². The Bertz CT molecular complexity index is 272. The average molecular weight is 166 g/mol. The molecule has 11 heavy (non-hydrogen) atoms. The zero-order valence-electron chi connectivity index (χ0n) is 6.37. The van der Waals surface area contributed by atoms with Gasteiger partial charge in [-0.15, -0.1) is 11.3 Å². The summed E-state index contributed by atoms with van der Waals surface area (Å²) in [5, 5.41) is 10.5. The number of rotatable bonds is 2. The van der Waals surface area contributed by atoms with Crippen molar-refractivity contribution in [2.75, 3.05) is 0 Å². The Morgan fingerprint density at radius 1 is 1.82 bits per heavy atom. The van der Waals surface area contributed by atoms with E-state index in [1.165, 1.54) is 5.56 Å². The lowest BCUT2D eigenvalue weighted by atomic mass is 10.2. The van der Waals surface area contributed by atoms with E-state index in [1.807, 2.05) is 17.5 Å². The van der Waals surface area contributed by atoms with Crippen molar-refractivity contribution < 1.29 is 0 Å². The number of nitriles is 1. The number of aryl methyl sites for hydroxylation is 1. The van der Waals surface area contributed by atoms with Gasteiger partial charge in [0.05, 0.1) is 6.07 Å². The van der Waals surface area contributed by atoms with Crippen molar-refractivity contribution >= 4 is 11.3 Å². The number of nitrogens with two attached hydrogens (primary N) is 1. The Morgan fingerprint density at radius 3 is 3.00 bits per heavy atom. The van der Waals surface area contributed by atoms with E-state index in [-0.39, 0.29) is 0 Å². The van der Waals surface area contributed by atoms with Crippen LogP contribution in [0.25, 0.3) is 0 Å². The van der Waals surface area contributed by atoms with E-state index in [0.29, 0.717) is 0 Å². The third kappa shape index (κ3) is 1.79. The number of hydrogen-bond acceptors (Lipinski definition) is 3. The lowest BCUT2D eigenvalue weighted by molar-refractivity contribution is 0.948. The molecular formula is C8H10N2S. The molecule has 0 bridgehead atoms. The van der Waals surface area contributed by atoms with Crippen molar-refractivity contribution in [3.8, 4) is 6.07 Å². The highest BCUT2D eigenvalue weighted by molar-refractivity contribution is 7.10. The quantitative estimate of drug-likeness (QED) is 0.728. The minimum Gasteiger partial charge on any atom is -0.312 e. The highest BCUT2D eigenvalue weighted by Crippen LogP contribution is 2.20. The molecule has 0 fully saturated rings. The van der Waals surface area contributed by atoms with Gasteiger partial charge in [-0.25, -0.2) is 0 Å². The van der Waals surface area contributed by atoms with Crippen LogP contribution in [0.15, 0.2) is 11.4 Å². The van der Waals surface area contributed by atoms with Gasteiger partial charge in [-0.05, 0) is 23.4 Å². The first-order valence-electron chi connectivity index (χ1n) is 3.50. The fraction of sp³-hybridized carbons (Fsp3) is 0.375. The van der Waals surface area contributed by atoms with Crippen molar-refractivity contribution in [2.24, 2.45) is 5.73 Å². The minimum atomic E-state index is -0.444. The van der Waals surface area contributed by atoms with Crippen molar-refractivity contribution in [1.82, 2.24) is 0 Å². The molecule has 1 unspecified atom stereocenters. The third-order valence-corrected chi connectivity index (χ3v) is 2.59. The van der Waals surface area contributed by atoms with E-state index >= 15 is 0 Å². The van der Waals surface area contributed by atoms with Crippen LogP contribution in [-0.2, 0) is 6.42 Å². The molecule has 0 saturated heterocycles. The summed E-state index contributed by atoms with van der Waals surface area (Å²) in [7, 11) is 0. The molecule has 2 N–H and O–H groups in total. The van der Waals surface area contributed by atoms with E-state index in [2.05, 4.69) is 6.92 Å². The van der Waals surface area contributed by atoms with E-state index < -0.39 is 6.04 Å². The molecule has 0 saturated carbocycles. The second-order valence-electron chi connectivity index (χ2n) is 2.32. The Balaban J connectivity index is 2.82. The van der Waals surface area contributed by atoms with E-state index in [1.54, 1.807) is 11.3 Å². The van der Waals surface area contributed by atoms with Crippen LogP contribution in [0.3, 0.4) is 0 Å². The van der Waals surface area contributed by atoms with Gasteiger partial charge in [-0.3, -0.25) is 0 Å². The van der Waals surface area contributed by atoms with Gasteiger partial charge in [0.25, 0.3) is 0 Å². The van der Waals surface area contributed by atoms with Gasteiger partial charge in [0, 0.05) is 4.88 Å². The molecule has 1 rings (SSSR count). The molecule has 1 aromatic heterocycles. The molecule has 1 aromatic rings. The molecule has 0 spiro atoms. The molecule has 0 aromatic carbocycles. The van der Waals surface area contributed by atoms with Crippen LogP contribution in [0.2, 0.25) is 0 Å². The summed E-state index contributed by atoms with van der Waals surface area (Å²) >= 11 is 1.56. The van der Waals surface area contributed by atoms with Gasteiger partial charge in [0.1, 0.15) is 6.04 Å². The van der Waals surface area contributed by atoms with Crippen LogP contribution in [-0.4, -0.2) is 0 Å². The normalized spacial score (nSPS) is 12.5. The monoisotopic (exact) mass is 166 g/mol. The lowest BCUT2D eigenvalue weighted by Crippen LogP contribution is -2.04. The van der Waals surface area contributed by atoms with Crippen molar-refractivity contribution in [3.05, 3.63) is 21.9 Å². The van der Waals surface area contributed by atoms with Gasteiger partial charge in [-0.2, -0.15) is 5.26 Å². The topological polar surface area (TPSA) is 49.8 Å². The smallest absolute Gasteiger partial charge is 0.128 e. The molecule has 0 amide bonds. The van der Waals surface area contributed by atoms with Crippen LogP contribution in [0.1, 0.15) is 23.4 Å². The third-order valence-electron chi connectivity index (χ3n) is 1.53. The highest BCUT2D eigenvalue weighted by atomic mass is 32.1. The second-order valence-corrected chi connectivity index (χ2v) is 3.26. The number of thiophene rings is 1. The largest absolute Gasteiger partial charge is 0.312 e. The van der Waals surface area contributed by atoms with Gasteiger partial charge >= 0.3 is 0 Å². The van der Waals surface area contributed by atoms with Gasteiger partial charge in [-0.1, -0.05) is 6.92 Å². The first kappa shape index (κ1) is 8.25. The maximum Gasteiger partial charge on any atom is 0.128 e. The maximum absolute atomic E-state index is 8.50. The van der Waals surface area contributed by atoms with Crippen LogP contribution < -0.4 is 5.73 Å². The van der Waals surface area contributed by atoms with Gasteiger partial charge < -0.3 is 5.73 Å². The molecule has 0 aliphatic rings. The summed E-state index contributed by atoms with van der Waals surface area (Å²) in [5.41, 5.74) is 6.77. The zero-order chi connectivity index (χ0) is 8.27. The number of hydrogen-bond donors (Lipinski definition) is 1. The Hall–Kier alpha value is -0.850. The molecule has 58 valence electrons. The van der Waals surface area contributed by atoms with E-state index in [4.69, 9.17) is 11.0 Å². The zero-order valence-corrected chi connectivity index (χ0v) is 7.19. The molecule has 0 aliphatic heterocycles. The van der Waals surface area contributed by atoms with Gasteiger partial charge in [0.15, 0.2) is 0 Å². The predicted octanol–water partition coefficient (Wildman–Crippen LogP) is 1.83. The molecule has 2 nitrogen and oxygen atoms in total. The van der Waals surface area contributed by atoms with Crippen molar-refractivity contribution in [1.29, 1.82) is 5.26 Å². The Kier molecular flexibility index (Phi) is 2.64. The van der Waals surface area contributed by atoms with Crippen LogP contribution in [0.4, 0.5) is 0 Å². The fourth-order valence-electron chi connectivity index (χ4n) is 0.807. The average Bonchev–Trinajstić information content (AvgIpc) is 2.50. The first-order chi connectivity index (χ1) is 5.27. The standard InChI is InChI=1S/C8H10N2S/c1-2-6-3-8(11-5-6)7(10)4-9/h3,5,7H,2,10H2,1H3. The summed E-state index contributed by atoms with van der Waals surface area (Å²) < 4.78 is 0. The Labute approximate surface area is 70.3 Å².